The van der Waals surface area contributed by atoms with E-state index < -0.39 is 11.5 Å². The molecule has 0 saturated heterocycles. The number of amides is 1. The Hall–Kier alpha value is -2.66. The molecule has 2 aromatic carbocycles. The van der Waals surface area contributed by atoms with Gasteiger partial charge < -0.3 is 14.7 Å². The van der Waals surface area contributed by atoms with Gasteiger partial charge in [0.1, 0.15) is 5.75 Å². The van der Waals surface area contributed by atoms with Crippen LogP contribution in [0.25, 0.3) is 0 Å². The molecule has 3 rings (SSSR count). The van der Waals surface area contributed by atoms with Crippen LogP contribution in [0, 0.1) is 0 Å². The number of nitrogens with zero attached hydrogens (tertiary/aromatic N) is 1. The summed E-state index contributed by atoms with van der Waals surface area (Å²) in [7, 11) is 1.52. The second-order valence-electron chi connectivity index (χ2n) is 5.76. The van der Waals surface area contributed by atoms with Gasteiger partial charge >= 0.3 is 0 Å². The molecule has 0 fully saturated rings. The van der Waals surface area contributed by atoms with Crippen LogP contribution in [0.1, 0.15) is 29.3 Å². The van der Waals surface area contributed by atoms with Crippen molar-refractivity contribution in [2.45, 2.75) is 18.9 Å². The molecule has 0 radical (unpaired) electrons. The van der Waals surface area contributed by atoms with E-state index in [1.807, 2.05) is 13.0 Å². The number of fused-ring (bicyclic) bond motifs is 1. The molecule has 1 atom stereocenters. The number of ketones is 1. The van der Waals surface area contributed by atoms with Gasteiger partial charge in [0.05, 0.1) is 19.2 Å². The zero-order valence-electron chi connectivity index (χ0n) is 13.7. The van der Waals surface area contributed by atoms with Crippen molar-refractivity contribution in [2.24, 2.45) is 0 Å². The molecule has 5 heteroatoms. The molecule has 1 N–H and O–H groups in total. The number of anilines is 1. The van der Waals surface area contributed by atoms with Crippen LogP contribution in [0.15, 0.2) is 48.5 Å². The predicted octanol–water partition coefficient (Wildman–Crippen LogP) is 2.52. The Bertz CT molecular complexity index is 801. The van der Waals surface area contributed by atoms with Crippen molar-refractivity contribution in [2.75, 3.05) is 18.6 Å². The SMILES string of the molecule is CCN1C(=O)[C@@](O)(CC(=O)c2cccc(OC)c2)c2ccccc21. The summed E-state index contributed by atoms with van der Waals surface area (Å²) in [5.74, 6) is -0.207. The summed E-state index contributed by atoms with van der Waals surface area (Å²) in [5, 5.41) is 11.0. The molecule has 2 aromatic rings. The van der Waals surface area contributed by atoms with E-state index >= 15 is 0 Å². The average molecular weight is 325 g/mol. The first-order valence-corrected chi connectivity index (χ1v) is 7.82. The van der Waals surface area contributed by atoms with Crippen LogP contribution in [-0.4, -0.2) is 30.5 Å². The Morgan fingerprint density at radius 3 is 2.67 bits per heavy atom. The van der Waals surface area contributed by atoms with Gasteiger partial charge in [-0.05, 0) is 25.1 Å². The number of carbonyl (C=O) groups excluding carboxylic acids is 2. The van der Waals surface area contributed by atoms with Crippen LogP contribution in [-0.2, 0) is 10.4 Å². The van der Waals surface area contributed by atoms with E-state index in [1.165, 1.54) is 12.0 Å². The first-order chi connectivity index (χ1) is 11.5. The summed E-state index contributed by atoms with van der Waals surface area (Å²) in [6.07, 6.45) is -0.299. The monoisotopic (exact) mass is 325 g/mol. The second kappa shape index (κ2) is 6.09. The third kappa shape index (κ3) is 2.47. The Kier molecular flexibility index (Phi) is 4.11. The molecule has 124 valence electrons. The Morgan fingerprint density at radius 2 is 1.96 bits per heavy atom. The molecule has 0 unspecified atom stereocenters. The van der Waals surface area contributed by atoms with Gasteiger partial charge in [0, 0.05) is 17.7 Å². The molecule has 0 aromatic heterocycles. The number of methoxy groups -OCH3 is 1. The van der Waals surface area contributed by atoms with Crippen LogP contribution in [0.5, 0.6) is 5.75 Å². The number of hydrogen-bond donors (Lipinski definition) is 1. The quantitative estimate of drug-likeness (QED) is 0.858. The van der Waals surface area contributed by atoms with Crippen molar-refractivity contribution >= 4 is 17.4 Å². The zero-order chi connectivity index (χ0) is 17.3. The molecule has 1 aliphatic rings. The number of para-hydroxylation sites is 1. The maximum Gasteiger partial charge on any atom is 0.264 e. The highest BCUT2D eigenvalue weighted by Crippen LogP contribution is 2.42. The first-order valence-electron chi connectivity index (χ1n) is 7.82. The fourth-order valence-electron chi connectivity index (χ4n) is 3.12. The third-order valence-corrected chi connectivity index (χ3v) is 4.36. The standard InChI is InChI=1S/C19H19NO4/c1-3-20-16-10-5-4-9-15(16)19(23,18(20)22)12-17(21)13-7-6-8-14(11-13)24-2/h4-11,23H,3,12H2,1-2H3/t19-/m1/s1. The smallest absolute Gasteiger partial charge is 0.264 e. The van der Waals surface area contributed by atoms with Crippen molar-refractivity contribution in [3.8, 4) is 5.75 Å². The summed E-state index contributed by atoms with van der Waals surface area (Å²) in [4.78, 5) is 26.9. The number of carbonyl (C=O) groups is 2. The van der Waals surface area contributed by atoms with Gasteiger partial charge in [0.2, 0.25) is 0 Å². The number of likely N-dealkylation sites (N-methyl/N-ethyl adjacent to an activating group) is 1. The van der Waals surface area contributed by atoms with E-state index in [0.717, 1.165) is 0 Å². The Balaban J connectivity index is 1.96. The minimum absolute atomic E-state index is 0.299. The lowest BCUT2D eigenvalue weighted by atomic mass is 9.88. The minimum atomic E-state index is -1.83. The topological polar surface area (TPSA) is 66.8 Å². The lowest BCUT2D eigenvalue weighted by Crippen LogP contribution is -2.41. The van der Waals surface area contributed by atoms with Crippen molar-refractivity contribution in [3.63, 3.8) is 0 Å². The zero-order valence-corrected chi connectivity index (χ0v) is 13.7. The van der Waals surface area contributed by atoms with E-state index in [2.05, 4.69) is 0 Å². The Labute approximate surface area is 140 Å². The number of aliphatic hydroxyl groups is 1. The lowest BCUT2D eigenvalue weighted by molar-refractivity contribution is -0.135. The van der Waals surface area contributed by atoms with Crippen molar-refractivity contribution in [3.05, 3.63) is 59.7 Å². The normalized spacial score (nSPS) is 19.3. The molecule has 1 aliphatic heterocycles. The summed E-state index contributed by atoms with van der Waals surface area (Å²) < 4.78 is 5.12. The van der Waals surface area contributed by atoms with Gasteiger partial charge in [-0.3, -0.25) is 9.59 Å². The van der Waals surface area contributed by atoms with Crippen LogP contribution >= 0.6 is 0 Å². The number of ether oxygens (including phenoxy) is 1. The van der Waals surface area contributed by atoms with Crippen molar-refractivity contribution in [1.82, 2.24) is 0 Å². The Morgan fingerprint density at radius 1 is 1.21 bits per heavy atom. The molecule has 1 heterocycles. The summed E-state index contributed by atoms with van der Waals surface area (Å²) in [6.45, 7) is 2.27. The van der Waals surface area contributed by atoms with Crippen LogP contribution in [0.2, 0.25) is 0 Å². The molecular formula is C19H19NO4. The van der Waals surface area contributed by atoms with Crippen molar-refractivity contribution in [1.29, 1.82) is 0 Å². The second-order valence-corrected chi connectivity index (χ2v) is 5.76. The lowest BCUT2D eigenvalue weighted by Gasteiger charge is -2.22. The third-order valence-electron chi connectivity index (χ3n) is 4.36. The highest BCUT2D eigenvalue weighted by molar-refractivity contribution is 6.10. The van der Waals surface area contributed by atoms with E-state index in [-0.39, 0.29) is 12.2 Å². The molecule has 0 bridgehead atoms. The highest BCUT2D eigenvalue weighted by atomic mass is 16.5. The van der Waals surface area contributed by atoms with Gasteiger partial charge in [-0.15, -0.1) is 0 Å². The van der Waals surface area contributed by atoms with E-state index in [9.17, 15) is 14.7 Å². The van der Waals surface area contributed by atoms with Crippen molar-refractivity contribution < 1.29 is 19.4 Å². The predicted molar refractivity (Wildman–Crippen MR) is 90.3 cm³/mol. The molecule has 1 amide bonds. The summed E-state index contributed by atoms with van der Waals surface area (Å²) in [6, 6.07) is 13.7. The molecule has 0 saturated carbocycles. The van der Waals surface area contributed by atoms with E-state index in [1.54, 1.807) is 42.5 Å². The molecular weight excluding hydrogens is 306 g/mol. The van der Waals surface area contributed by atoms with E-state index in [4.69, 9.17) is 4.74 Å². The maximum atomic E-state index is 12.7. The largest absolute Gasteiger partial charge is 0.497 e. The highest BCUT2D eigenvalue weighted by Gasteiger charge is 2.50. The number of rotatable bonds is 5. The molecule has 0 spiro atoms. The molecule has 24 heavy (non-hydrogen) atoms. The van der Waals surface area contributed by atoms with Crippen LogP contribution in [0.4, 0.5) is 5.69 Å². The maximum absolute atomic E-state index is 12.7. The van der Waals surface area contributed by atoms with Gasteiger partial charge in [-0.25, -0.2) is 0 Å². The number of benzene rings is 2. The minimum Gasteiger partial charge on any atom is -0.497 e. The van der Waals surface area contributed by atoms with Crippen LogP contribution < -0.4 is 9.64 Å². The molecule has 0 aliphatic carbocycles. The fraction of sp³-hybridized carbons (Fsp3) is 0.263. The van der Waals surface area contributed by atoms with Gasteiger partial charge in [-0.2, -0.15) is 0 Å². The van der Waals surface area contributed by atoms with Gasteiger partial charge in [0.25, 0.3) is 5.91 Å². The summed E-state index contributed by atoms with van der Waals surface area (Å²) in [5.41, 5.74) is -0.283. The average Bonchev–Trinajstić information content (AvgIpc) is 2.82. The van der Waals surface area contributed by atoms with Gasteiger partial charge in [-0.1, -0.05) is 30.3 Å². The van der Waals surface area contributed by atoms with Gasteiger partial charge in [0.15, 0.2) is 11.4 Å². The summed E-state index contributed by atoms with van der Waals surface area (Å²) >= 11 is 0. The van der Waals surface area contributed by atoms with E-state index in [0.29, 0.717) is 29.1 Å². The number of Topliss-reactive ketones (excluding diaryl/α,β-unsaturated/α-hetero) is 1. The fourth-order valence-corrected chi connectivity index (χ4v) is 3.12. The first kappa shape index (κ1) is 16.2. The number of hydrogen-bond acceptors (Lipinski definition) is 4. The van der Waals surface area contributed by atoms with Crippen LogP contribution in [0.3, 0.4) is 0 Å². The molecule has 5 nitrogen and oxygen atoms in total.